The Kier molecular flexibility index (Phi) is 6.38. The molecule has 0 aliphatic carbocycles. The molecule has 0 aliphatic rings. The molecular weight excluding hydrogens is 506 g/mol. The van der Waals surface area contributed by atoms with Crippen LogP contribution in [0.3, 0.4) is 0 Å². The third-order valence-corrected chi connectivity index (χ3v) is 5.55. The van der Waals surface area contributed by atoms with Crippen LogP contribution in [0.25, 0.3) is 11.6 Å². The summed E-state index contributed by atoms with van der Waals surface area (Å²) in [7, 11) is 2.77. The molecule has 196 valence electrons. The summed E-state index contributed by atoms with van der Waals surface area (Å²) in [6, 6.07) is 7.63. The molecule has 14 heteroatoms. The van der Waals surface area contributed by atoms with E-state index in [1.165, 1.54) is 26.4 Å². The van der Waals surface area contributed by atoms with Crippen molar-refractivity contribution in [2.45, 2.75) is 31.6 Å². The van der Waals surface area contributed by atoms with E-state index in [2.05, 4.69) is 20.2 Å². The van der Waals surface area contributed by atoms with Crippen LogP contribution in [0.1, 0.15) is 36.6 Å². The fourth-order valence-corrected chi connectivity index (χ4v) is 3.43. The molecule has 0 aliphatic heterocycles. The van der Waals surface area contributed by atoms with Gasteiger partial charge in [-0.1, -0.05) is 0 Å². The van der Waals surface area contributed by atoms with Crippen LogP contribution in [-0.2, 0) is 17.8 Å². The molecule has 0 bridgehead atoms. The van der Waals surface area contributed by atoms with Crippen molar-refractivity contribution in [2.24, 2.45) is 0 Å². The van der Waals surface area contributed by atoms with E-state index in [4.69, 9.17) is 9.47 Å². The molecule has 8 nitrogen and oxygen atoms in total. The third-order valence-electron chi connectivity index (χ3n) is 5.55. The highest BCUT2D eigenvalue weighted by atomic mass is 19.4. The number of hydrogen-bond acceptors (Lipinski definition) is 6. The first-order valence-corrected chi connectivity index (χ1v) is 10.6. The lowest BCUT2D eigenvalue weighted by Gasteiger charge is -2.25. The molecule has 4 aromatic heterocycles. The second-order valence-electron chi connectivity index (χ2n) is 8.41. The Hall–Kier alpha value is -4.10. The Morgan fingerprint density at radius 2 is 1.00 bits per heavy atom. The molecule has 0 N–H and O–H groups in total. The van der Waals surface area contributed by atoms with Gasteiger partial charge in [0.05, 0.1) is 25.6 Å². The van der Waals surface area contributed by atoms with E-state index >= 15 is 0 Å². The summed E-state index contributed by atoms with van der Waals surface area (Å²) >= 11 is 0. The lowest BCUT2D eigenvalue weighted by Crippen LogP contribution is -2.24. The van der Waals surface area contributed by atoms with Gasteiger partial charge in [-0.05, 0) is 26.0 Å². The van der Waals surface area contributed by atoms with Crippen molar-refractivity contribution in [2.75, 3.05) is 14.2 Å². The molecule has 0 saturated heterocycles. The Morgan fingerprint density at radius 1 is 0.622 bits per heavy atom. The molecule has 0 unspecified atom stereocenters. The first kappa shape index (κ1) is 26.0. The van der Waals surface area contributed by atoms with Crippen molar-refractivity contribution in [3.05, 3.63) is 71.6 Å². The van der Waals surface area contributed by atoms with Gasteiger partial charge in [0.15, 0.2) is 23.0 Å². The van der Waals surface area contributed by atoms with Crippen LogP contribution in [0, 0.1) is 0 Å². The van der Waals surface area contributed by atoms with E-state index in [-0.39, 0.29) is 11.6 Å². The Bertz CT molecular complexity index is 1320. The lowest BCUT2D eigenvalue weighted by atomic mass is 9.84. The van der Waals surface area contributed by atoms with Crippen molar-refractivity contribution >= 4 is 0 Å². The highest BCUT2D eigenvalue weighted by Gasteiger charge is 2.35. The van der Waals surface area contributed by atoms with Crippen LogP contribution in [0.2, 0.25) is 0 Å². The number of pyridine rings is 2. The zero-order valence-electron chi connectivity index (χ0n) is 19.9. The number of ether oxygens (including phenoxy) is 2. The van der Waals surface area contributed by atoms with Gasteiger partial charge in [-0.25, -0.2) is 19.3 Å². The predicted octanol–water partition coefficient (Wildman–Crippen LogP) is 5.23. The third kappa shape index (κ3) is 5.22. The van der Waals surface area contributed by atoms with E-state index in [1.54, 1.807) is 26.0 Å². The average Bonchev–Trinajstić information content (AvgIpc) is 3.53. The molecule has 37 heavy (non-hydrogen) atoms. The molecule has 0 amide bonds. The number of hydrogen-bond donors (Lipinski definition) is 0. The maximum atomic E-state index is 13.1. The monoisotopic (exact) mass is 526 g/mol. The smallest absolute Gasteiger partial charge is 0.435 e. The molecule has 0 spiro atoms. The van der Waals surface area contributed by atoms with Crippen molar-refractivity contribution in [3.8, 4) is 23.1 Å². The fourth-order valence-electron chi connectivity index (χ4n) is 3.43. The Labute approximate surface area is 206 Å². The number of rotatable bonds is 6. The first-order valence-electron chi connectivity index (χ1n) is 10.6. The minimum atomic E-state index is -4.63. The zero-order valence-corrected chi connectivity index (χ0v) is 19.9. The molecule has 4 rings (SSSR count). The molecule has 4 aromatic rings. The van der Waals surface area contributed by atoms with E-state index in [9.17, 15) is 26.3 Å². The average molecular weight is 526 g/mol. The second kappa shape index (κ2) is 9.09. The molecule has 0 aromatic carbocycles. The van der Waals surface area contributed by atoms with E-state index < -0.39 is 29.2 Å². The molecule has 0 radical (unpaired) electrons. The van der Waals surface area contributed by atoms with Gasteiger partial charge in [0.2, 0.25) is 0 Å². The molecule has 0 atom stereocenters. The SMILES string of the molecule is COc1cc(-n2ccc(C(F)(F)F)n2)nc(C(C)(C)c2cc(OC)cc(-n3ccc(C(F)(F)F)n3)n2)c1. The van der Waals surface area contributed by atoms with Crippen molar-refractivity contribution in [1.82, 2.24) is 29.5 Å². The topological polar surface area (TPSA) is 79.9 Å². The maximum Gasteiger partial charge on any atom is 0.435 e. The largest absolute Gasteiger partial charge is 0.497 e. The Morgan fingerprint density at radius 3 is 1.30 bits per heavy atom. The number of nitrogens with zero attached hydrogens (tertiary/aromatic N) is 6. The van der Waals surface area contributed by atoms with E-state index in [1.807, 2.05) is 0 Å². The highest BCUT2D eigenvalue weighted by molar-refractivity contribution is 5.44. The molecule has 0 saturated carbocycles. The summed E-state index contributed by atoms with van der Waals surface area (Å²) in [5.74, 6) is 0.704. The van der Waals surface area contributed by atoms with Gasteiger partial charge in [0, 0.05) is 42.1 Å². The van der Waals surface area contributed by atoms with Crippen molar-refractivity contribution < 1.29 is 35.8 Å². The van der Waals surface area contributed by atoms with Gasteiger partial charge >= 0.3 is 12.4 Å². The number of methoxy groups -OCH3 is 2. The van der Waals surface area contributed by atoms with Gasteiger partial charge in [-0.15, -0.1) is 0 Å². The van der Waals surface area contributed by atoms with Crippen LogP contribution >= 0.6 is 0 Å². The number of aromatic nitrogens is 6. The summed E-state index contributed by atoms with van der Waals surface area (Å²) < 4.78 is 90.9. The van der Waals surface area contributed by atoms with Crippen molar-refractivity contribution in [1.29, 1.82) is 0 Å². The number of alkyl halides is 6. The van der Waals surface area contributed by atoms with Crippen LogP contribution in [0.15, 0.2) is 48.8 Å². The zero-order chi connectivity index (χ0) is 27.2. The maximum absolute atomic E-state index is 13.1. The minimum absolute atomic E-state index is 0.0583. The summed E-state index contributed by atoms with van der Waals surface area (Å²) in [5.41, 5.74) is -2.51. The van der Waals surface area contributed by atoms with E-state index in [0.29, 0.717) is 22.9 Å². The van der Waals surface area contributed by atoms with Gasteiger partial charge < -0.3 is 9.47 Å². The lowest BCUT2D eigenvalue weighted by molar-refractivity contribution is -0.142. The second-order valence-corrected chi connectivity index (χ2v) is 8.41. The summed E-state index contributed by atoms with van der Waals surface area (Å²) in [4.78, 5) is 8.98. The molecule has 4 heterocycles. The van der Waals surface area contributed by atoms with Crippen LogP contribution in [-0.4, -0.2) is 43.7 Å². The normalized spacial score (nSPS) is 12.6. The first-order chi connectivity index (χ1) is 17.2. The van der Waals surface area contributed by atoms with Crippen molar-refractivity contribution in [3.63, 3.8) is 0 Å². The van der Waals surface area contributed by atoms with Crippen LogP contribution in [0.4, 0.5) is 26.3 Å². The fraction of sp³-hybridized carbons (Fsp3) is 0.304. The van der Waals surface area contributed by atoms with Gasteiger partial charge in [0.1, 0.15) is 11.5 Å². The summed E-state index contributed by atoms with van der Waals surface area (Å²) in [6.45, 7) is 3.47. The standard InChI is InChI=1S/C23H20F6N6O2/c1-21(2,17-9-13(36-3)11-19(30-17)34-7-5-15(32-34)22(24,25)26)18-10-14(37-4)12-20(31-18)35-8-6-16(33-35)23(27,28)29/h5-12H,1-4H3. The molecular formula is C23H20F6N6O2. The summed E-state index contributed by atoms with van der Waals surface area (Å²) in [5, 5.41) is 7.12. The van der Waals surface area contributed by atoms with Crippen LogP contribution in [0.5, 0.6) is 11.5 Å². The number of halogens is 6. The highest BCUT2D eigenvalue weighted by Crippen LogP contribution is 2.35. The minimum Gasteiger partial charge on any atom is -0.497 e. The predicted molar refractivity (Wildman–Crippen MR) is 118 cm³/mol. The van der Waals surface area contributed by atoms with Gasteiger partial charge in [-0.3, -0.25) is 0 Å². The quantitative estimate of drug-likeness (QED) is 0.320. The Balaban J connectivity index is 1.81. The van der Waals surface area contributed by atoms with Crippen LogP contribution < -0.4 is 9.47 Å². The summed E-state index contributed by atoms with van der Waals surface area (Å²) in [6.07, 6.45) is -7.02. The molecule has 0 fully saturated rings. The van der Waals surface area contributed by atoms with Gasteiger partial charge in [0.25, 0.3) is 0 Å². The van der Waals surface area contributed by atoms with E-state index in [0.717, 1.165) is 33.9 Å². The van der Waals surface area contributed by atoms with Gasteiger partial charge in [-0.2, -0.15) is 36.5 Å².